The number of hydrogen-bond acceptors (Lipinski definition) is 5. The second-order valence-corrected chi connectivity index (χ2v) is 8.79. The topological polar surface area (TPSA) is 72.2 Å². The lowest BCUT2D eigenvalue weighted by Gasteiger charge is -2.12. The van der Waals surface area contributed by atoms with E-state index in [9.17, 15) is 13.6 Å². The fourth-order valence-electron chi connectivity index (χ4n) is 3.37. The molecule has 10 heteroatoms. The molecule has 2 aromatic carbocycles. The maximum atomic E-state index is 14.3. The number of benzene rings is 2. The van der Waals surface area contributed by atoms with Crippen molar-refractivity contribution in [2.75, 3.05) is 5.75 Å². The van der Waals surface area contributed by atoms with Gasteiger partial charge in [-0.3, -0.25) is 4.79 Å². The molecule has 4 aromatic rings. The zero-order valence-electron chi connectivity index (χ0n) is 17.9. The molecule has 0 bridgehead atoms. The molecule has 0 unspecified atom stereocenters. The molecule has 0 aliphatic heterocycles. The summed E-state index contributed by atoms with van der Waals surface area (Å²) in [5.41, 5.74) is 3.50. The third-order valence-electron chi connectivity index (χ3n) is 5.18. The normalized spacial score (nSPS) is 11.2. The Labute approximate surface area is 198 Å². The van der Waals surface area contributed by atoms with Crippen LogP contribution in [0.4, 0.5) is 8.78 Å². The molecule has 2 heterocycles. The maximum Gasteiger partial charge on any atom is 0.253 e. The van der Waals surface area contributed by atoms with E-state index < -0.39 is 0 Å². The summed E-state index contributed by atoms with van der Waals surface area (Å²) in [4.78, 5) is 21.1. The standard InChI is InChI=1S/C23H20ClF2N5OS/c1-13-17(10-18-19(24)4-3-5-20(18)26)14(2)31-22(28-13)29-23(30-31)33-12-21(32)27-11-15-6-8-16(25)9-7-15/h3-9H,10-12H2,1-2H3,(H,27,32). The molecule has 6 nitrogen and oxygen atoms in total. The number of fused-ring (bicyclic) bond motifs is 1. The molecule has 0 radical (unpaired) electrons. The molecule has 1 N–H and O–H groups in total. The predicted molar refractivity (Wildman–Crippen MR) is 123 cm³/mol. The minimum Gasteiger partial charge on any atom is -0.351 e. The minimum atomic E-state index is -0.372. The summed E-state index contributed by atoms with van der Waals surface area (Å²) >= 11 is 7.38. The van der Waals surface area contributed by atoms with Gasteiger partial charge in [0, 0.05) is 34.9 Å². The van der Waals surface area contributed by atoms with Crippen molar-refractivity contribution in [1.29, 1.82) is 0 Å². The van der Waals surface area contributed by atoms with Crippen molar-refractivity contribution < 1.29 is 13.6 Å². The van der Waals surface area contributed by atoms with E-state index in [0.29, 0.717) is 33.8 Å². The molecule has 0 aliphatic rings. The highest BCUT2D eigenvalue weighted by Gasteiger charge is 2.17. The number of amides is 1. The van der Waals surface area contributed by atoms with Gasteiger partial charge >= 0.3 is 0 Å². The average Bonchev–Trinajstić information content (AvgIpc) is 3.19. The molecule has 1 amide bonds. The van der Waals surface area contributed by atoms with E-state index in [4.69, 9.17) is 11.6 Å². The molecule has 0 spiro atoms. The van der Waals surface area contributed by atoms with Crippen molar-refractivity contribution in [1.82, 2.24) is 24.9 Å². The van der Waals surface area contributed by atoms with Gasteiger partial charge in [-0.2, -0.15) is 4.98 Å². The lowest BCUT2D eigenvalue weighted by molar-refractivity contribution is -0.118. The van der Waals surface area contributed by atoms with Crippen LogP contribution in [0.15, 0.2) is 47.6 Å². The highest BCUT2D eigenvalue weighted by atomic mass is 35.5. The first-order valence-corrected chi connectivity index (χ1v) is 11.5. The first kappa shape index (κ1) is 23.1. The number of halogens is 3. The van der Waals surface area contributed by atoms with Gasteiger partial charge in [0.25, 0.3) is 5.78 Å². The van der Waals surface area contributed by atoms with E-state index in [0.717, 1.165) is 16.8 Å². The smallest absolute Gasteiger partial charge is 0.253 e. The molecule has 0 fully saturated rings. The Morgan fingerprint density at radius 3 is 2.58 bits per heavy atom. The van der Waals surface area contributed by atoms with Gasteiger partial charge in [0.2, 0.25) is 11.1 Å². The molecule has 170 valence electrons. The fraction of sp³-hybridized carbons (Fsp3) is 0.217. The van der Waals surface area contributed by atoms with Crippen LogP contribution in [0.5, 0.6) is 0 Å². The van der Waals surface area contributed by atoms with Crippen molar-refractivity contribution >= 4 is 35.0 Å². The Morgan fingerprint density at radius 1 is 1.09 bits per heavy atom. The third-order valence-corrected chi connectivity index (χ3v) is 6.37. The molecule has 0 saturated carbocycles. The van der Waals surface area contributed by atoms with Gasteiger partial charge in [0.1, 0.15) is 11.6 Å². The minimum absolute atomic E-state index is 0.119. The molecule has 33 heavy (non-hydrogen) atoms. The first-order chi connectivity index (χ1) is 15.8. The van der Waals surface area contributed by atoms with Crippen molar-refractivity contribution in [3.8, 4) is 0 Å². The van der Waals surface area contributed by atoms with Crippen LogP contribution in [0.3, 0.4) is 0 Å². The Morgan fingerprint density at radius 2 is 1.85 bits per heavy atom. The number of nitrogens with zero attached hydrogens (tertiary/aromatic N) is 4. The van der Waals surface area contributed by atoms with Crippen LogP contribution in [0.25, 0.3) is 5.78 Å². The van der Waals surface area contributed by atoms with Crippen molar-refractivity contribution in [2.24, 2.45) is 0 Å². The Kier molecular flexibility index (Phi) is 6.90. The number of thioether (sulfide) groups is 1. The van der Waals surface area contributed by atoms with E-state index in [1.54, 1.807) is 28.8 Å². The molecular formula is C23H20ClF2N5OS. The first-order valence-electron chi connectivity index (χ1n) is 10.1. The Hall–Kier alpha value is -3.04. The van der Waals surface area contributed by atoms with Gasteiger partial charge in [-0.1, -0.05) is 41.6 Å². The van der Waals surface area contributed by atoms with E-state index in [1.807, 2.05) is 13.8 Å². The lowest BCUT2D eigenvalue weighted by atomic mass is 10.0. The summed E-state index contributed by atoms with van der Waals surface area (Å²) in [6.07, 6.45) is 0.278. The molecule has 0 saturated heterocycles. The van der Waals surface area contributed by atoms with Crippen LogP contribution >= 0.6 is 23.4 Å². The SMILES string of the molecule is Cc1nc2nc(SCC(=O)NCc3ccc(F)cc3)nn2c(C)c1Cc1c(F)cccc1Cl. The number of carbonyl (C=O) groups is 1. The molecule has 0 aliphatic carbocycles. The molecule has 2 aromatic heterocycles. The quantitative estimate of drug-likeness (QED) is 0.383. The summed E-state index contributed by atoms with van der Waals surface area (Å²) in [6.45, 7) is 4.01. The number of aromatic nitrogens is 4. The van der Waals surface area contributed by atoms with Crippen LogP contribution in [0.2, 0.25) is 5.02 Å². The highest BCUT2D eigenvalue weighted by Crippen LogP contribution is 2.26. The number of carbonyl (C=O) groups excluding carboxylic acids is 1. The van der Waals surface area contributed by atoms with Gasteiger partial charge in [0.15, 0.2) is 0 Å². The maximum absolute atomic E-state index is 14.3. The number of aryl methyl sites for hydroxylation is 2. The van der Waals surface area contributed by atoms with E-state index >= 15 is 0 Å². The van der Waals surface area contributed by atoms with Crippen LogP contribution in [0, 0.1) is 25.5 Å². The molecular weight excluding hydrogens is 468 g/mol. The second kappa shape index (κ2) is 9.84. The summed E-state index contributed by atoms with van der Waals surface area (Å²) in [7, 11) is 0. The van der Waals surface area contributed by atoms with Gasteiger partial charge in [-0.05, 0) is 49.2 Å². The number of rotatable bonds is 7. The fourth-order valence-corrected chi connectivity index (χ4v) is 4.25. The highest BCUT2D eigenvalue weighted by molar-refractivity contribution is 7.99. The Bertz CT molecular complexity index is 1310. The monoisotopic (exact) mass is 487 g/mol. The van der Waals surface area contributed by atoms with E-state index in [2.05, 4.69) is 20.4 Å². The zero-order valence-corrected chi connectivity index (χ0v) is 19.5. The van der Waals surface area contributed by atoms with Gasteiger partial charge in [0.05, 0.1) is 5.75 Å². The predicted octanol–water partition coefficient (Wildman–Crippen LogP) is 4.67. The van der Waals surface area contributed by atoms with Crippen molar-refractivity contribution in [3.63, 3.8) is 0 Å². The zero-order chi connectivity index (χ0) is 23.5. The van der Waals surface area contributed by atoms with Gasteiger partial charge in [-0.15, -0.1) is 5.10 Å². The van der Waals surface area contributed by atoms with Crippen molar-refractivity contribution in [2.45, 2.75) is 32.0 Å². The third kappa shape index (κ3) is 5.31. The van der Waals surface area contributed by atoms with E-state index in [1.165, 1.54) is 30.0 Å². The summed E-state index contributed by atoms with van der Waals surface area (Å²) in [5.74, 6) is -0.365. The van der Waals surface area contributed by atoms with Crippen LogP contribution in [-0.2, 0) is 17.8 Å². The van der Waals surface area contributed by atoms with E-state index in [-0.39, 0.29) is 29.7 Å². The molecule has 4 rings (SSSR count). The van der Waals surface area contributed by atoms with Crippen LogP contribution < -0.4 is 5.32 Å². The lowest BCUT2D eigenvalue weighted by Crippen LogP contribution is -2.24. The average molecular weight is 488 g/mol. The summed E-state index contributed by atoms with van der Waals surface area (Å²) in [6, 6.07) is 10.5. The van der Waals surface area contributed by atoms with Crippen LogP contribution in [-0.4, -0.2) is 31.2 Å². The number of hydrogen-bond donors (Lipinski definition) is 1. The summed E-state index contributed by atoms with van der Waals surface area (Å²) in [5, 5.41) is 8.00. The van der Waals surface area contributed by atoms with Crippen LogP contribution in [0.1, 0.15) is 28.1 Å². The van der Waals surface area contributed by atoms with Gasteiger partial charge in [-0.25, -0.2) is 18.3 Å². The summed E-state index contributed by atoms with van der Waals surface area (Å²) < 4.78 is 28.8. The second-order valence-electron chi connectivity index (χ2n) is 7.44. The largest absolute Gasteiger partial charge is 0.351 e. The molecule has 0 atom stereocenters. The number of nitrogens with one attached hydrogen (secondary N) is 1. The Balaban J connectivity index is 1.46. The van der Waals surface area contributed by atoms with Gasteiger partial charge < -0.3 is 5.32 Å². The van der Waals surface area contributed by atoms with Crippen molar-refractivity contribution in [3.05, 3.63) is 87.2 Å².